The van der Waals surface area contributed by atoms with Crippen LogP contribution >= 0.6 is 11.8 Å². The molecule has 0 aliphatic heterocycles. The summed E-state index contributed by atoms with van der Waals surface area (Å²) in [6.07, 6.45) is 5.27. The molecule has 0 amide bonds. The lowest BCUT2D eigenvalue weighted by Crippen LogP contribution is -2.11. The summed E-state index contributed by atoms with van der Waals surface area (Å²) in [7, 11) is 0. The number of rotatable bonds is 4. The predicted octanol–water partition coefficient (Wildman–Crippen LogP) is 1.90. The van der Waals surface area contributed by atoms with E-state index in [9.17, 15) is 5.11 Å². The van der Waals surface area contributed by atoms with Gasteiger partial charge in [0.1, 0.15) is 0 Å². The maximum atomic E-state index is 9.71. The summed E-state index contributed by atoms with van der Waals surface area (Å²) in [5, 5.41) is 9.71. The van der Waals surface area contributed by atoms with Crippen LogP contribution in [0.4, 0.5) is 0 Å². The first-order valence-electron chi connectivity index (χ1n) is 3.94. The summed E-state index contributed by atoms with van der Waals surface area (Å²) in [5.41, 5.74) is -0.252. The zero-order valence-electron chi connectivity index (χ0n) is 6.76. The molecule has 0 bridgehead atoms. The minimum absolute atomic E-state index is 0.252. The first kappa shape index (κ1) is 8.41. The summed E-state index contributed by atoms with van der Waals surface area (Å²) in [6, 6.07) is 0. The van der Waals surface area contributed by atoms with E-state index in [0.29, 0.717) is 5.92 Å². The van der Waals surface area contributed by atoms with Crippen LogP contribution in [0.15, 0.2) is 0 Å². The zero-order chi connectivity index (χ0) is 7.61. The minimum Gasteiger partial charge on any atom is -0.390 e. The van der Waals surface area contributed by atoms with E-state index in [1.54, 1.807) is 0 Å². The van der Waals surface area contributed by atoms with Crippen molar-refractivity contribution >= 4 is 11.8 Å². The Balaban J connectivity index is 2.16. The second-order valence-electron chi connectivity index (χ2n) is 3.16. The molecule has 0 saturated heterocycles. The van der Waals surface area contributed by atoms with E-state index in [0.717, 1.165) is 25.0 Å². The molecule has 1 rings (SSSR count). The van der Waals surface area contributed by atoms with Gasteiger partial charge >= 0.3 is 0 Å². The molecule has 1 nitrogen and oxygen atoms in total. The van der Waals surface area contributed by atoms with Crippen LogP contribution in [0.3, 0.4) is 0 Å². The molecule has 0 spiro atoms. The van der Waals surface area contributed by atoms with E-state index in [2.05, 4.69) is 13.2 Å². The van der Waals surface area contributed by atoms with E-state index >= 15 is 0 Å². The molecule has 0 heterocycles. The molecule has 2 heteroatoms. The highest BCUT2D eigenvalue weighted by Crippen LogP contribution is 2.48. The van der Waals surface area contributed by atoms with Gasteiger partial charge < -0.3 is 5.11 Å². The molecule has 1 saturated carbocycles. The van der Waals surface area contributed by atoms with Gasteiger partial charge in [-0.3, -0.25) is 0 Å². The van der Waals surface area contributed by atoms with Crippen molar-refractivity contribution in [2.75, 3.05) is 12.0 Å². The van der Waals surface area contributed by atoms with Gasteiger partial charge in [-0.05, 0) is 30.8 Å². The van der Waals surface area contributed by atoms with Crippen LogP contribution in [-0.2, 0) is 0 Å². The molecule has 2 atom stereocenters. The van der Waals surface area contributed by atoms with E-state index in [1.807, 2.05) is 11.8 Å². The van der Waals surface area contributed by atoms with Crippen molar-refractivity contribution in [2.24, 2.45) is 5.92 Å². The Morgan fingerprint density at radius 2 is 2.40 bits per heavy atom. The van der Waals surface area contributed by atoms with Crippen molar-refractivity contribution in [1.82, 2.24) is 0 Å². The minimum atomic E-state index is -0.252. The molecule has 0 aromatic rings. The van der Waals surface area contributed by atoms with Crippen LogP contribution in [0.2, 0.25) is 0 Å². The van der Waals surface area contributed by atoms with Gasteiger partial charge in [-0.25, -0.2) is 0 Å². The fraction of sp³-hybridized carbons (Fsp3) is 1.00. The van der Waals surface area contributed by atoms with Gasteiger partial charge in [-0.1, -0.05) is 13.3 Å². The highest BCUT2D eigenvalue weighted by Gasteiger charge is 2.50. The lowest BCUT2D eigenvalue weighted by atomic mass is 10.2. The SMILES string of the molecule is CCC1CC1(O)CCSC. The molecule has 0 radical (unpaired) electrons. The van der Waals surface area contributed by atoms with Gasteiger partial charge in [-0.2, -0.15) is 11.8 Å². The lowest BCUT2D eigenvalue weighted by molar-refractivity contribution is 0.127. The molecule has 1 aliphatic rings. The van der Waals surface area contributed by atoms with E-state index in [1.165, 1.54) is 0 Å². The summed E-state index contributed by atoms with van der Waals surface area (Å²) in [5.74, 6) is 1.71. The predicted molar refractivity (Wildman–Crippen MR) is 46.3 cm³/mol. The molecule has 1 aliphatic carbocycles. The maximum Gasteiger partial charge on any atom is 0.0688 e. The van der Waals surface area contributed by atoms with Crippen LogP contribution in [0.1, 0.15) is 26.2 Å². The summed E-state index contributed by atoms with van der Waals surface area (Å²) < 4.78 is 0. The molecule has 60 valence electrons. The molecular formula is C8H16OS. The summed E-state index contributed by atoms with van der Waals surface area (Å²) in [4.78, 5) is 0. The fourth-order valence-corrected chi connectivity index (χ4v) is 2.03. The van der Waals surface area contributed by atoms with Crippen LogP contribution in [-0.4, -0.2) is 22.7 Å². The second-order valence-corrected chi connectivity index (χ2v) is 4.14. The van der Waals surface area contributed by atoms with Crippen LogP contribution < -0.4 is 0 Å². The van der Waals surface area contributed by atoms with Gasteiger partial charge in [0.2, 0.25) is 0 Å². The fourth-order valence-electron chi connectivity index (χ4n) is 1.48. The lowest BCUT2D eigenvalue weighted by Gasteiger charge is -2.06. The van der Waals surface area contributed by atoms with Crippen LogP contribution in [0.5, 0.6) is 0 Å². The van der Waals surface area contributed by atoms with Crippen molar-refractivity contribution in [3.8, 4) is 0 Å². The van der Waals surface area contributed by atoms with E-state index in [4.69, 9.17) is 0 Å². The highest BCUT2D eigenvalue weighted by atomic mass is 32.2. The number of thioether (sulfide) groups is 1. The van der Waals surface area contributed by atoms with E-state index < -0.39 is 0 Å². The third-order valence-corrected chi connectivity index (χ3v) is 3.04. The maximum absolute atomic E-state index is 9.71. The monoisotopic (exact) mass is 160 g/mol. The van der Waals surface area contributed by atoms with Crippen molar-refractivity contribution < 1.29 is 5.11 Å². The van der Waals surface area contributed by atoms with Gasteiger partial charge in [0.15, 0.2) is 0 Å². The average Bonchev–Trinajstić information content (AvgIpc) is 2.59. The largest absolute Gasteiger partial charge is 0.390 e. The number of hydrogen-bond acceptors (Lipinski definition) is 2. The molecule has 0 aromatic heterocycles. The van der Waals surface area contributed by atoms with Crippen LogP contribution in [0, 0.1) is 5.92 Å². The van der Waals surface area contributed by atoms with Gasteiger partial charge in [0.25, 0.3) is 0 Å². The van der Waals surface area contributed by atoms with Crippen molar-refractivity contribution in [1.29, 1.82) is 0 Å². The Bertz CT molecular complexity index is 116. The Hall–Kier alpha value is 0.310. The normalized spacial score (nSPS) is 38.1. The van der Waals surface area contributed by atoms with Crippen molar-refractivity contribution in [3.05, 3.63) is 0 Å². The first-order chi connectivity index (χ1) is 4.73. The third-order valence-electron chi connectivity index (χ3n) is 2.43. The summed E-state index contributed by atoms with van der Waals surface area (Å²) in [6.45, 7) is 2.15. The third kappa shape index (κ3) is 1.67. The second kappa shape index (κ2) is 3.14. The van der Waals surface area contributed by atoms with Crippen LogP contribution in [0.25, 0.3) is 0 Å². The van der Waals surface area contributed by atoms with Crippen molar-refractivity contribution in [2.45, 2.75) is 31.8 Å². The molecule has 1 fully saturated rings. The van der Waals surface area contributed by atoms with Gasteiger partial charge in [0, 0.05) is 0 Å². The topological polar surface area (TPSA) is 20.2 Å². The number of hydrogen-bond donors (Lipinski definition) is 1. The van der Waals surface area contributed by atoms with E-state index in [-0.39, 0.29) is 5.60 Å². The molecule has 2 unspecified atom stereocenters. The first-order valence-corrected chi connectivity index (χ1v) is 5.33. The standard InChI is InChI=1S/C8H16OS/c1-3-7-6-8(7,9)4-5-10-2/h7,9H,3-6H2,1-2H3. The molecule has 10 heavy (non-hydrogen) atoms. The zero-order valence-corrected chi connectivity index (χ0v) is 7.58. The Kier molecular flexibility index (Phi) is 2.64. The Labute approximate surface area is 67.2 Å². The molecular weight excluding hydrogens is 144 g/mol. The summed E-state index contributed by atoms with van der Waals surface area (Å²) >= 11 is 1.82. The average molecular weight is 160 g/mol. The van der Waals surface area contributed by atoms with Gasteiger partial charge in [0.05, 0.1) is 5.60 Å². The quantitative estimate of drug-likeness (QED) is 0.678. The Morgan fingerprint density at radius 1 is 1.70 bits per heavy atom. The molecule has 0 aromatic carbocycles. The smallest absolute Gasteiger partial charge is 0.0688 e. The number of aliphatic hydroxyl groups is 1. The van der Waals surface area contributed by atoms with Gasteiger partial charge in [-0.15, -0.1) is 0 Å². The molecule has 1 N–H and O–H groups in total. The van der Waals surface area contributed by atoms with Crippen molar-refractivity contribution in [3.63, 3.8) is 0 Å². The Morgan fingerprint density at radius 3 is 2.80 bits per heavy atom. The highest BCUT2D eigenvalue weighted by molar-refractivity contribution is 7.98.